The highest BCUT2D eigenvalue weighted by molar-refractivity contribution is 5.95. The molecule has 1 atom stereocenters. The number of fused-ring (bicyclic) bond motifs is 1. The van der Waals surface area contributed by atoms with Gasteiger partial charge in [0.05, 0.1) is 0 Å². The summed E-state index contributed by atoms with van der Waals surface area (Å²) in [4.78, 5) is 27.1. The van der Waals surface area contributed by atoms with Gasteiger partial charge in [0.15, 0.2) is 0 Å². The Balaban J connectivity index is 1.70. The lowest BCUT2D eigenvalue weighted by atomic mass is 9.87. The van der Waals surface area contributed by atoms with Crippen LogP contribution in [0.2, 0.25) is 0 Å². The van der Waals surface area contributed by atoms with Crippen molar-refractivity contribution in [3.05, 3.63) is 65.2 Å². The number of hydrogen-bond acceptors (Lipinski definition) is 2. The largest absolute Gasteiger partial charge is 0.336 e. The first kappa shape index (κ1) is 20.9. The van der Waals surface area contributed by atoms with E-state index in [1.54, 1.807) is 24.3 Å². The maximum absolute atomic E-state index is 13.3. The van der Waals surface area contributed by atoms with Crippen molar-refractivity contribution >= 4 is 17.6 Å². The number of amides is 3. The van der Waals surface area contributed by atoms with Gasteiger partial charge in [-0.05, 0) is 74.9 Å². The van der Waals surface area contributed by atoms with Crippen LogP contribution < -0.4 is 10.6 Å². The third-order valence-corrected chi connectivity index (χ3v) is 5.30. The molecule has 154 valence electrons. The summed E-state index contributed by atoms with van der Waals surface area (Å²) in [5, 5.41) is 5.58. The molecule has 0 aliphatic heterocycles. The van der Waals surface area contributed by atoms with Crippen LogP contribution in [0.15, 0.2) is 48.5 Å². The summed E-state index contributed by atoms with van der Waals surface area (Å²) in [5.41, 5.74) is 4.09. The van der Waals surface area contributed by atoms with Crippen LogP contribution in [0.4, 0.5) is 10.5 Å². The van der Waals surface area contributed by atoms with Crippen LogP contribution in [-0.2, 0) is 12.8 Å². The number of rotatable bonds is 6. The molecule has 1 aliphatic rings. The Bertz CT molecular complexity index is 845. The van der Waals surface area contributed by atoms with E-state index in [1.165, 1.54) is 11.1 Å². The predicted molar refractivity (Wildman–Crippen MR) is 117 cm³/mol. The molecule has 0 heterocycles. The Morgan fingerprint density at radius 2 is 1.76 bits per heavy atom. The molecule has 3 amide bonds. The Morgan fingerprint density at radius 1 is 1.07 bits per heavy atom. The summed E-state index contributed by atoms with van der Waals surface area (Å²) in [7, 11) is 0. The van der Waals surface area contributed by atoms with E-state index in [2.05, 4.69) is 41.8 Å². The molecule has 0 bridgehead atoms. The second-order valence-corrected chi connectivity index (χ2v) is 7.99. The smallest absolute Gasteiger partial charge is 0.319 e. The minimum atomic E-state index is -0.243. The Labute approximate surface area is 173 Å². The zero-order valence-corrected chi connectivity index (χ0v) is 17.6. The minimum Gasteiger partial charge on any atom is -0.336 e. The number of urea groups is 1. The number of hydrogen-bond donors (Lipinski definition) is 2. The molecule has 1 aliphatic carbocycles. The van der Waals surface area contributed by atoms with Gasteiger partial charge in [0, 0.05) is 29.9 Å². The molecule has 2 aromatic carbocycles. The van der Waals surface area contributed by atoms with Crippen molar-refractivity contribution in [3.63, 3.8) is 0 Å². The maximum atomic E-state index is 13.3. The van der Waals surface area contributed by atoms with E-state index in [9.17, 15) is 9.59 Å². The van der Waals surface area contributed by atoms with Crippen molar-refractivity contribution in [2.75, 3.05) is 11.9 Å². The molecule has 5 heteroatoms. The molecule has 0 spiro atoms. The van der Waals surface area contributed by atoms with Gasteiger partial charge in [-0.2, -0.15) is 0 Å². The predicted octanol–water partition coefficient (Wildman–Crippen LogP) is 4.63. The van der Waals surface area contributed by atoms with Gasteiger partial charge in [0.25, 0.3) is 5.91 Å². The lowest BCUT2D eigenvalue weighted by molar-refractivity contribution is 0.0661. The van der Waals surface area contributed by atoms with Crippen LogP contribution in [0.5, 0.6) is 0 Å². The average molecular weight is 394 g/mol. The molecular formula is C24H31N3O2. The van der Waals surface area contributed by atoms with Crippen molar-refractivity contribution in [2.45, 2.75) is 58.5 Å². The van der Waals surface area contributed by atoms with Gasteiger partial charge in [0.2, 0.25) is 0 Å². The zero-order chi connectivity index (χ0) is 20.8. The number of carbonyl (C=O) groups excluding carboxylic acids is 2. The fraction of sp³-hybridized carbons (Fsp3) is 0.417. The molecule has 0 aromatic heterocycles. The van der Waals surface area contributed by atoms with Crippen molar-refractivity contribution in [2.24, 2.45) is 0 Å². The molecular weight excluding hydrogens is 362 g/mol. The first-order chi connectivity index (χ1) is 14.0. The first-order valence-corrected chi connectivity index (χ1v) is 10.5. The van der Waals surface area contributed by atoms with Crippen molar-refractivity contribution in [1.82, 2.24) is 10.2 Å². The molecule has 1 unspecified atom stereocenters. The molecule has 0 saturated heterocycles. The Morgan fingerprint density at radius 3 is 2.41 bits per heavy atom. The van der Waals surface area contributed by atoms with Crippen molar-refractivity contribution in [1.29, 1.82) is 0 Å². The third-order valence-electron chi connectivity index (χ3n) is 5.30. The van der Waals surface area contributed by atoms with Gasteiger partial charge in [-0.15, -0.1) is 0 Å². The van der Waals surface area contributed by atoms with Gasteiger partial charge in [-0.1, -0.05) is 31.2 Å². The molecule has 2 N–H and O–H groups in total. The van der Waals surface area contributed by atoms with Gasteiger partial charge in [-0.25, -0.2) is 4.79 Å². The number of nitrogens with one attached hydrogen (secondary N) is 2. The van der Waals surface area contributed by atoms with Crippen LogP contribution in [0.3, 0.4) is 0 Å². The minimum absolute atomic E-state index is 0.0643. The number of benzene rings is 2. The van der Waals surface area contributed by atoms with E-state index in [-0.39, 0.29) is 24.0 Å². The summed E-state index contributed by atoms with van der Waals surface area (Å²) in [6.07, 6.45) is 3.86. The Kier molecular flexibility index (Phi) is 6.91. The second-order valence-electron chi connectivity index (χ2n) is 7.99. The molecule has 3 rings (SSSR count). The summed E-state index contributed by atoms with van der Waals surface area (Å²) >= 11 is 0. The lowest BCUT2D eigenvalue weighted by Crippen LogP contribution is -2.43. The summed E-state index contributed by atoms with van der Waals surface area (Å²) in [6.45, 7) is 6.68. The molecule has 0 saturated carbocycles. The summed E-state index contributed by atoms with van der Waals surface area (Å²) in [6, 6.07) is 15.8. The van der Waals surface area contributed by atoms with Crippen LogP contribution in [0, 0.1) is 0 Å². The van der Waals surface area contributed by atoms with Crippen molar-refractivity contribution in [3.8, 4) is 0 Å². The lowest BCUT2D eigenvalue weighted by Gasteiger charge is -2.35. The molecule has 0 radical (unpaired) electrons. The standard InChI is InChI=1S/C24H31N3O2/c1-4-15-27(22-14-11-18-7-5-6-8-20(18)16-22)23(28)19-9-12-21(13-10-19)26-24(29)25-17(2)3/h5-10,12-13,17,22H,4,11,14-16H2,1-3H3,(H2,25,26,29). The third kappa shape index (κ3) is 5.37. The molecule has 5 nitrogen and oxygen atoms in total. The van der Waals surface area contributed by atoms with Crippen LogP contribution in [-0.4, -0.2) is 35.5 Å². The topological polar surface area (TPSA) is 61.4 Å². The zero-order valence-electron chi connectivity index (χ0n) is 17.6. The van der Waals surface area contributed by atoms with Gasteiger partial charge in [0.1, 0.15) is 0 Å². The van der Waals surface area contributed by atoms with Crippen LogP contribution >= 0.6 is 0 Å². The van der Waals surface area contributed by atoms with Gasteiger partial charge in [-0.3, -0.25) is 4.79 Å². The molecule has 0 fully saturated rings. The Hall–Kier alpha value is -2.82. The molecule has 29 heavy (non-hydrogen) atoms. The second kappa shape index (κ2) is 9.59. The quantitative estimate of drug-likeness (QED) is 0.752. The molecule has 2 aromatic rings. The number of anilines is 1. The van der Waals surface area contributed by atoms with Crippen molar-refractivity contribution < 1.29 is 9.59 Å². The average Bonchev–Trinajstić information content (AvgIpc) is 2.71. The van der Waals surface area contributed by atoms with E-state index >= 15 is 0 Å². The summed E-state index contributed by atoms with van der Waals surface area (Å²) < 4.78 is 0. The highest BCUT2D eigenvalue weighted by Gasteiger charge is 2.27. The number of aryl methyl sites for hydroxylation is 1. The van der Waals surface area contributed by atoms with E-state index in [0.29, 0.717) is 11.3 Å². The van der Waals surface area contributed by atoms with E-state index < -0.39 is 0 Å². The van der Waals surface area contributed by atoms with E-state index in [4.69, 9.17) is 0 Å². The van der Waals surface area contributed by atoms with E-state index in [1.807, 2.05) is 18.7 Å². The monoisotopic (exact) mass is 393 g/mol. The fourth-order valence-electron chi connectivity index (χ4n) is 3.93. The first-order valence-electron chi connectivity index (χ1n) is 10.5. The van der Waals surface area contributed by atoms with Crippen LogP contribution in [0.25, 0.3) is 0 Å². The summed E-state index contributed by atoms with van der Waals surface area (Å²) in [5.74, 6) is 0.0643. The van der Waals surface area contributed by atoms with Crippen LogP contribution in [0.1, 0.15) is 55.1 Å². The van der Waals surface area contributed by atoms with E-state index in [0.717, 1.165) is 32.2 Å². The maximum Gasteiger partial charge on any atom is 0.319 e. The highest BCUT2D eigenvalue weighted by Crippen LogP contribution is 2.26. The number of nitrogens with zero attached hydrogens (tertiary/aromatic N) is 1. The van der Waals surface area contributed by atoms with Gasteiger partial charge >= 0.3 is 6.03 Å². The normalized spacial score (nSPS) is 15.5. The number of carbonyl (C=O) groups is 2. The highest BCUT2D eigenvalue weighted by atomic mass is 16.2. The SMILES string of the molecule is CCCN(C(=O)c1ccc(NC(=O)NC(C)C)cc1)C1CCc2ccccc2C1. The fourth-order valence-corrected chi connectivity index (χ4v) is 3.93. The van der Waals surface area contributed by atoms with Gasteiger partial charge < -0.3 is 15.5 Å².